The van der Waals surface area contributed by atoms with Crippen molar-refractivity contribution in [3.05, 3.63) is 30.1 Å². The van der Waals surface area contributed by atoms with Gasteiger partial charge in [0.2, 0.25) is 5.95 Å². The first-order valence-corrected chi connectivity index (χ1v) is 14.0. The van der Waals surface area contributed by atoms with Crippen molar-refractivity contribution in [2.24, 2.45) is 5.73 Å². The van der Waals surface area contributed by atoms with Crippen molar-refractivity contribution < 1.29 is 4.79 Å². The fraction of sp³-hybridized carbons (Fsp3) is 0.643. The molecule has 1 atom stereocenters. The number of piperidine rings is 1. The van der Waals surface area contributed by atoms with Crippen molar-refractivity contribution in [1.29, 1.82) is 0 Å². The summed E-state index contributed by atoms with van der Waals surface area (Å²) in [7, 11) is 0. The summed E-state index contributed by atoms with van der Waals surface area (Å²) in [5.41, 5.74) is 9.17. The lowest BCUT2D eigenvalue weighted by Gasteiger charge is -2.26. The summed E-state index contributed by atoms with van der Waals surface area (Å²) in [5.74, 6) is 1.66. The van der Waals surface area contributed by atoms with Gasteiger partial charge in [-0.2, -0.15) is 4.98 Å². The lowest BCUT2D eigenvalue weighted by Crippen LogP contribution is -2.30. The molecule has 8 heteroatoms. The van der Waals surface area contributed by atoms with Crippen LogP contribution < -0.4 is 16.4 Å². The van der Waals surface area contributed by atoms with Gasteiger partial charge in [-0.25, -0.2) is 4.98 Å². The number of pyridine rings is 1. The molecular weight excluding hydrogens is 450 g/mol. The number of nitrogens with zero attached hydrogens (tertiary/aromatic N) is 4. The molecule has 8 nitrogen and oxygen atoms in total. The van der Waals surface area contributed by atoms with Gasteiger partial charge in [0.1, 0.15) is 11.6 Å². The molecule has 0 saturated carbocycles. The van der Waals surface area contributed by atoms with Gasteiger partial charge in [-0.15, -0.1) is 0 Å². The van der Waals surface area contributed by atoms with Gasteiger partial charge in [0.05, 0.1) is 17.3 Å². The van der Waals surface area contributed by atoms with E-state index in [2.05, 4.69) is 32.7 Å². The molecule has 2 aromatic heterocycles. The smallest absolute Gasteiger partial charge is 0.224 e. The Balaban J connectivity index is 1.43. The molecule has 0 aromatic carbocycles. The number of hydrogen-bond acceptors (Lipinski definition) is 8. The van der Waals surface area contributed by atoms with Gasteiger partial charge in [-0.1, -0.05) is 31.7 Å². The molecule has 2 aromatic rings. The first-order chi connectivity index (χ1) is 17.7. The van der Waals surface area contributed by atoms with Gasteiger partial charge in [-0.3, -0.25) is 14.7 Å². The van der Waals surface area contributed by atoms with Crippen LogP contribution in [0.2, 0.25) is 0 Å². The lowest BCUT2D eigenvalue weighted by molar-refractivity contribution is -0.120. The summed E-state index contributed by atoms with van der Waals surface area (Å²) in [5, 5.41) is 6.87. The largest absolute Gasteiger partial charge is 0.369 e. The normalized spacial score (nSPS) is 21.6. The molecule has 0 unspecified atom stereocenters. The maximum absolute atomic E-state index is 12.3. The molecule has 196 valence electrons. The molecule has 2 aliphatic rings. The molecule has 2 bridgehead atoms. The number of ketones is 1. The lowest BCUT2D eigenvalue weighted by atomic mass is 10.0. The molecule has 4 heterocycles. The Morgan fingerprint density at radius 2 is 1.61 bits per heavy atom. The van der Waals surface area contributed by atoms with E-state index < -0.39 is 0 Å². The minimum absolute atomic E-state index is 0.211. The predicted octanol–water partition coefficient (Wildman–Crippen LogP) is 4.77. The summed E-state index contributed by atoms with van der Waals surface area (Å²) in [6.45, 7) is 4.92. The van der Waals surface area contributed by atoms with Crippen LogP contribution in [-0.2, 0) is 11.3 Å². The monoisotopic (exact) mass is 493 g/mol. The Hall–Kier alpha value is -2.58. The van der Waals surface area contributed by atoms with E-state index in [4.69, 9.17) is 15.7 Å². The SMILES string of the molecule is N[C@H]1CCCCNc2nc(ncc2-c2ccc(CN3CCCCC3)cn2)NCCCCCCCC1=O. The zero-order valence-electron chi connectivity index (χ0n) is 21.7. The summed E-state index contributed by atoms with van der Waals surface area (Å²) in [4.78, 5) is 29.0. The van der Waals surface area contributed by atoms with Gasteiger partial charge in [0, 0.05) is 38.4 Å². The summed E-state index contributed by atoms with van der Waals surface area (Å²) in [6.07, 6.45) is 16.3. The molecule has 1 fully saturated rings. The average Bonchev–Trinajstić information content (AvgIpc) is 2.90. The number of fused-ring (bicyclic) bond motifs is 2. The minimum Gasteiger partial charge on any atom is -0.369 e. The van der Waals surface area contributed by atoms with Crippen molar-refractivity contribution in [3.63, 3.8) is 0 Å². The van der Waals surface area contributed by atoms with Crippen LogP contribution in [0.1, 0.15) is 82.6 Å². The third kappa shape index (κ3) is 8.23. The number of carbonyl (C=O) groups excluding carboxylic acids is 1. The van der Waals surface area contributed by atoms with Gasteiger partial charge >= 0.3 is 0 Å². The number of likely N-dealkylation sites (tertiary alicyclic amines) is 1. The highest BCUT2D eigenvalue weighted by Crippen LogP contribution is 2.26. The highest BCUT2D eigenvalue weighted by molar-refractivity contribution is 5.83. The standard InChI is InChI=1S/C28H43N7O/c29-24-11-6-8-15-30-27-23(25-14-13-22(19-32-25)21-35-17-9-4-10-18-35)20-33-28(34-27)31-16-7-3-1-2-5-12-26(24)36/h13-14,19-20,24H,1-12,15-18,21,29H2,(H2,30,31,33,34)/t24-/m0/s1. The molecule has 4 N–H and O–H groups in total. The molecule has 0 radical (unpaired) electrons. The molecule has 2 aliphatic heterocycles. The summed E-state index contributed by atoms with van der Waals surface area (Å²) in [6, 6.07) is 3.93. The van der Waals surface area contributed by atoms with E-state index in [-0.39, 0.29) is 11.8 Å². The average molecular weight is 494 g/mol. The molecule has 36 heavy (non-hydrogen) atoms. The molecule has 0 aliphatic carbocycles. The van der Waals surface area contributed by atoms with Crippen molar-refractivity contribution in [3.8, 4) is 11.3 Å². The number of nitrogens with two attached hydrogens (primary N) is 1. The van der Waals surface area contributed by atoms with Crippen LogP contribution in [0.25, 0.3) is 11.3 Å². The summed E-state index contributed by atoms with van der Waals surface area (Å²) >= 11 is 0. The van der Waals surface area contributed by atoms with Crippen LogP contribution in [0.4, 0.5) is 11.8 Å². The van der Waals surface area contributed by atoms with Crippen molar-refractivity contribution in [2.45, 2.75) is 89.6 Å². The highest BCUT2D eigenvalue weighted by Gasteiger charge is 2.15. The van der Waals surface area contributed by atoms with Gasteiger partial charge in [-0.05, 0) is 69.7 Å². The first kappa shape index (κ1) is 26.5. The Morgan fingerprint density at radius 1 is 0.861 bits per heavy atom. The molecule has 4 rings (SSSR count). The minimum atomic E-state index is -0.332. The van der Waals surface area contributed by atoms with Crippen LogP contribution >= 0.6 is 0 Å². The van der Waals surface area contributed by atoms with E-state index >= 15 is 0 Å². The fourth-order valence-electron chi connectivity index (χ4n) is 5.04. The van der Waals surface area contributed by atoms with Crippen LogP contribution in [0, 0.1) is 0 Å². The van der Waals surface area contributed by atoms with Gasteiger partial charge < -0.3 is 16.4 Å². The van der Waals surface area contributed by atoms with E-state index in [0.29, 0.717) is 12.4 Å². The molecule has 1 saturated heterocycles. The van der Waals surface area contributed by atoms with E-state index in [1.807, 2.05) is 12.4 Å². The second-order valence-corrected chi connectivity index (χ2v) is 10.3. The highest BCUT2D eigenvalue weighted by atomic mass is 16.1. The Morgan fingerprint density at radius 3 is 2.44 bits per heavy atom. The first-order valence-electron chi connectivity index (χ1n) is 14.0. The quantitative estimate of drug-likeness (QED) is 0.561. The number of anilines is 2. The van der Waals surface area contributed by atoms with E-state index in [1.54, 1.807) is 0 Å². The van der Waals surface area contributed by atoms with Crippen LogP contribution in [0.5, 0.6) is 0 Å². The van der Waals surface area contributed by atoms with Crippen molar-refractivity contribution in [2.75, 3.05) is 36.8 Å². The Kier molecular flexibility index (Phi) is 10.5. The number of carbonyl (C=O) groups is 1. The van der Waals surface area contributed by atoms with Gasteiger partial charge in [0.15, 0.2) is 0 Å². The predicted molar refractivity (Wildman–Crippen MR) is 146 cm³/mol. The van der Waals surface area contributed by atoms with Crippen molar-refractivity contribution >= 4 is 17.5 Å². The number of nitrogens with one attached hydrogen (secondary N) is 2. The second-order valence-electron chi connectivity index (χ2n) is 10.3. The second kappa shape index (κ2) is 14.2. The molecule has 0 spiro atoms. The molecular formula is C28H43N7O. The third-order valence-corrected chi connectivity index (χ3v) is 7.28. The zero-order chi connectivity index (χ0) is 25.0. The number of rotatable bonds is 3. The molecule has 0 amide bonds. The topological polar surface area (TPSA) is 109 Å². The Labute approximate surface area is 215 Å². The number of Topliss-reactive ketones (excluding diaryl/α,β-unsaturated/α-hetero) is 1. The van der Waals surface area contributed by atoms with Crippen molar-refractivity contribution in [1.82, 2.24) is 19.9 Å². The Bertz CT molecular complexity index is 943. The maximum Gasteiger partial charge on any atom is 0.224 e. The fourth-order valence-corrected chi connectivity index (χ4v) is 5.04. The number of aromatic nitrogens is 3. The van der Waals surface area contributed by atoms with E-state index in [0.717, 1.165) is 88.1 Å². The van der Waals surface area contributed by atoms with Crippen LogP contribution in [0.3, 0.4) is 0 Å². The summed E-state index contributed by atoms with van der Waals surface area (Å²) < 4.78 is 0. The zero-order valence-corrected chi connectivity index (χ0v) is 21.7. The van der Waals surface area contributed by atoms with E-state index in [9.17, 15) is 4.79 Å². The van der Waals surface area contributed by atoms with Gasteiger partial charge in [0.25, 0.3) is 0 Å². The van der Waals surface area contributed by atoms with Crippen LogP contribution in [0.15, 0.2) is 24.5 Å². The van der Waals surface area contributed by atoms with E-state index in [1.165, 1.54) is 37.9 Å². The third-order valence-electron chi connectivity index (χ3n) is 7.28. The maximum atomic E-state index is 12.3. The van der Waals surface area contributed by atoms with Crippen LogP contribution in [-0.4, -0.2) is 57.9 Å². The number of hydrogen-bond donors (Lipinski definition) is 3.